The Hall–Kier alpha value is -2.17. The van der Waals surface area contributed by atoms with E-state index in [-0.39, 0.29) is 12.5 Å². The average Bonchev–Trinajstić information content (AvgIpc) is 3.13. The van der Waals surface area contributed by atoms with Crippen molar-refractivity contribution in [1.29, 1.82) is 0 Å². The Morgan fingerprint density at radius 3 is 1.29 bits per heavy atom. The van der Waals surface area contributed by atoms with E-state index in [1.165, 1.54) is 109 Å². The Kier molecular flexibility index (Phi) is 40.4. The van der Waals surface area contributed by atoms with Crippen molar-refractivity contribution in [2.45, 2.75) is 212 Å². The van der Waals surface area contributed by atoms with Gasteiger partial charge < -0.3 is 15.5 Å². The molecule has 4 nitrogen and oxygen atoms in total. The minimum atomic E-state index is -0.851. The highest BCUT2D eigenvalue weighted by Gasteiger charge is 2.17. The fraction of sp³-hybridized carbons (Fsp3) is 0.723. The SMILES string of the molecule is CC/C=C\C/C=C\C/C=C\C/C=C\C/C=C\CCCCCCCC(=O)NC(CO)C(O)/C=C/CCCCCCCCCCCCCCCCCC. The molecule has 1 amide bonds. The summed E-state index contributed by atoms with van der Waals surface area (Å²) in [6.07, 6.45) is 60.0. The van der Waals surface area contributed by atoms with Gasteiger partial charge in [-0.15, -0.1) is 0 Å². The number of carbonyl (C=O) groups is 1. The van der Waals surface area contributed by atoms with Crippen LogP contribution < -0.4 is 5.32 Å². The van der Waals surface area contributed by atoms with Crippen LogP contribution in [0.1, 0.15) is 200 Å². The van der Waals surface area contributed by atoms with Crippen molar-refractivity contribution in [2.75, 3.05) is 6.61 Å². The molecule has 0 aliphatic heterocycles. The lowest BCUT2D eigenvalue weighted by Gasteiger charge is -2.20. The number of aliphatic hydroxyl groups excluding tert-OH is 2. The van der Waals surface area contributed by atoms with Crippen LogP contribution in [0.3, 0.4) is 0 Å². The van der Waals surface area contributed by atoms with Gasteiger partial charge in [0.05, 0.1) is 18.8 Å². The molecule has 0 heterocycles. The van der Waals surface area contributed by atoms with Crippen LogP contribution in [-0.4, -0.2) is 34.9 Å². The van der Waals surface area contributed by atoms with Crippen LogP contribution in [0.4, 0.5) is 0 Å². The van der Waals surface area contributed by atoms with Crippen LogP contribution in [0.5, 0.6) is 0 Å². The number of amides is 1. The van der Waals surface area contributed by atoms with Crippen molar-refractivity contribution in [1.82, 2.24) is 5.32 Å². The number of hydrogen-bond donors (Lipinski definition) is 3. The van der Waals surface area contributed by atoms with Crippen molar-refractivity contribution in [3.8, 4) is 0 Å². The van der Waals surface area contributed by atoms with E-state index in [4.69, 9.17) is 0 Å². The Labute approximate surface area is 317 Å². The minimum Gasteiger partial charge on any atom is -0.394 e. The molecule has 0 radical (unpaired) electrons. The molecule has 4 heteroatoms. The molecule has 0 bridgehead atoms. The molecule has 0 saturated heterocycles. The third-order valence-corrected chi connectivity index (χ3v) is 9.45. The maximum atomic E-state index is 12.4. The quantitative estimate of drug-likeness (QED) is 0.0441. The molecule has 0 saturated carbocycles. The molecule has 0 aliphatic carbocycles. The summed E-state index contributed by atoms with van der Waals surface area (Å²) in [5.74, 6) is -0.0851. The summed E-state index contributed by atoms with van der Waals surface area (Å²) in [7, 11) is 0. The highest BCUT2D eigenvalue weighted by atomic mass is 16.3. The lowest BCUT2D eigenvalue weighted by Crippen LogP contribution is -2.45. The summed E-state index contributed by atoms with van der Waals surface area (Å²) in [6.45, 7) is 4.18. The summed E-state index contributed by atoms with van der Waals surface area (Å²) in [5.41, 5.74) is 0. The highest BCUT2D eigenvalue weighted by molar-refractivity contribution is 5.76. The largest absolute Gasteiger partial charge is 0.394 e. The van der Waals surface area contributed by atoms with Gasteiger partial charge in [-0.05, 0) is 64.2 Å². The highest BCUT2D eigenvalue weighted by Crippen LogP contribution is 2.14. The molecule has 2 atom stereocenters. The lowest BCUT2D eigenvalue weighted by molar-refractivity contribution is -0.123. The molecule has 51 heavy (non-hydrogen) atoms. The Bertz CT molecular complexity index is 899. The van der Waals surface area contributed by atoms with Gasteiger partial charge in [0, 0.05) is 6.42 Å². The molecule has 0 aromatic heterocycles. The van der Waals surface area contributed by atoms with E-state index in [0.717, 1.165) is 70.6 Å². The third kappa shape index (κ3) is 38.9. The predicted octanol–water partition coefficient (Wildman–Crippen LogP) is 13.5. The summed E-state index contributed by atoms with van der Waals surface area (Å²) in [5, 5.41) is 23.0. The molecule has 0 aromatic rings. The summed E-state index contributed by atoms with van der Waals surface area (Å²) < 4.78 is 0. The van der Waals surface area contributed by atoms with Crippen molar-refractivity contribution in [2.24, 2.45) is 0 Å². The topological polar surface area (TPSA) is 69.6 Å². The van der Waals surface area contributed by atoms with E-state index in [0.29, 0.717) is 6.42 Å². The summed E-state index contributed by atoms with van der Waals surface area (Å²) >= 11 is 0. The van der Waals surface area contributed by atoms with E-state index < -0.39 is 12.1 Å². The average molecular weight is 710 g/mol. The number of rotatable bonds is 38. The second-order valence-electron chi connectivity index (χ2n) is 14.4. The summed E-state index contributed by atoms with van der Waals surface area (Å²) in [6, 6.07) is -0.636. The van der Waals surface area contributed by atoms with Gasteiger partial charge in [-0.2, -0.15) is 0 Å². The first-order valence-corrected chi connectivity index (χ1v) is 21.7. The van der Waals surface area contributed by atoms with Crippen LogP contribution in [0, 0.1) is 0 Å². The zero-order valence-electron chi connectivity index (χ0n) is 33.6. The Balaban J connectivity index is 3.66. The molecule has 0 spiro atoms. The zero-order chi connectivity index (χ0) is 37.1. The molecule has 2 unspecified atom stereocenters. The predicted molar refractivity (Wildman–Crippen MR) is 225 cm³/mol. The smallest absolute Gasteiger partial charge is 0.220 e. The van der Waals surface area contributed by atoms with Gasteiger partial charge in [-0.25, -0.2) is 0 Å². The molecule has 3 N–H and O–H groups in total. The first-order chi connectivity index (χ1) is 25.2. The second-order valence-corrected chi connectivity index (χ2v) is 14.4. The second kappa shape index (κ2) is 42.2. The van der Waals surface area contributed by atoms with Gasteiger partial charge in [0.25, 0.3) is 0 Å². The fourth-order valence-electron chi connectivity index (χ4n) is 6.14. The van der Waals surface area contributed by atoms with Crippen molar-refractivity contribution in [3.05, 3.63) is 72.9 Å². The lowest BCUT2D eigenvalue weighted by atomic mass is 10.0. The van der Waals surface area contributed by atoms with E-state index in [9.17, 15) is 15.0 Å². The third-order valence-electron chi connectivity index (χ3n) is 9.45. The van der Waals surface area contributed by atoms with Crippen LogP contribution in [0.25, 0.3) is 0 Å². The van der Waals surface area contributed by atoms with Crippen molar-refractivity contribution >= 4 is 5.91 Å². The Morgan fingerprint density at radius 2 is 0.863 bits per heavy atom. The number of hydrogen-bond acceptors (Lipinski definition) is 3. The first kappa shape index (κ1) is 48.8. The molecular weight excluding hydrogens is 627 g/mol. The summed E-state index contributed by atoms with van der Waals surface area (Å²) in [4.78, 5) is 12.4. The molecule has 0 rings (SSSR count). The molecule has 0 aliphatic rings. The van der Waals surface area contributed by atoms with Crippen molar-refractivity contribution in [3.63, 3.8) is 0 Å². The van der Waals surface area contributed by atoms with E-state index in [1.54, 1.807) is 6.08 Å². The van der Waals surface area contributed by atoms with Crippen LogP contribution in [-0.2, 0) is 4.79 Å². The number of carbonyl (C=O) groups excluding carboxylic acids is 1. The van der Waals surface area contributed by atoms with Gasteiger partial charge >= 0.3 is 0 Å². The zero-order valence-corrected chi connectivity index (χ0v) is 33.6. The first-order valence-electron chi connectivity index (χ1n) is 21.7. The minimum absolute atomic E-state index is 0.0851. The number of aliphatic hydroxyl groups is 2. The van der Waals surface area contributed by atoms with Crippen LogP contribution >= 0.6 is 0 Å². The fourth-order valence-corrected chi connectivity index (χ4v) is 6.14. The molecule has 0 aromatic carbocycles. The molecule has 0 fully saturated rings. The van der Waals surface area contributed by atoms with Crippen LogP contribution in [0.15, 0.2) is 72.9 Å². The number of unbranched alkanes of at least 4 members (excludes halogenated alkanes) is 21. The molecule has 294 valence electrons. The monoisotopic (exact) mass is 710 g/mol. The van der Waals surface area contributed by atoms with Gasteiger partial charge in [-0.3, -0.25) is 4.79 Å². The van der Waals surface area contributed by atoms with Gasteiger partial charge in [0.2, 0.25) is 5.91 Å². The van der Waals surface area contributed by atoms with Crippen LogP contribution in [0.2, 0.25) is 0 Å². The van der Waals surface area contributed by atoms with E-state index in [2.05, 4.69) is 79.9 Å². The number of nitrogens with one attached hydrogen (secondary N) is 1. The van der Waals surface area contributed by atoms with Crippen molar-refractivity contribution < 1.29 is 15.0 Å². The number of allylic oxidation sites excluding steroid dienone is 11. The Morgan fingerprint density at radius 1 is 0.490 bits per heavy atom. The maximum Gasteiger partial charge on any atom is 0.220 e. The van der Waals surface area contributed by atoms with E-state index >= 15 is 0 Å². The maximum absolute atomic E-state index is 12.4. The normalized spacial score (nSPS) is 13.7. The van der Waals surface area contributed by atoms with Gasteiger partial charge in [0.15, 0.2) is 0 Å². The van der Waals surface area contributed by atoms with E-state index in [1.807, 2.05) is 6.08 Å². The standard InChI is InChI=1S/C47H83NO3/c1-3-5-7-9-11-13-15-17-19-21-23-24-25-27-29-31-33-35-37-39-41-43-47(51)48-45(44-49)46(50)42-40-38-36-34-32-30-28-26-22-20-18-16-14-12-10-8-6-4-2/h5,7,11,13,17,19,23-24,27,29,40,42,45-46,49-50H,3-4,6,8-10,12,14-16,18,20-22,25-26,28,30-39,41,43-44H2,1-2H3,(H,48,51)/b7-5-,13-11-,19-17-,24-23-,29-27-,42-40+. The molecular formula is C47H83NO3. The van der Waals surface area contributed by atoms with Gasteiger partial charge in [0.1, 0.15) is 0 Å². The van der Waals surface area contributed by atoms with Gasteiger partial charge in [-0.1, -0.05) is 202 Å².